The zero-order valence-corrected chi connectivity index (χ0v) is 11.0. The fourth-order valence-corrected chi connectivity index (χ4v) is 3.70. The van der Waals surface area contributed by atoms with E-state index in [0.29, 0.717) is 10.9 Å². The van der Waals surface area contributed by atoms with Gasteiger partial charge in [-0.15, -0.1) is 0 Å². The molecule has 2 rings (SSSR count). The Labute approximate surface area is 97.5 Å². The second-order valence-electron chi connectivity index (χ2n) is 5.55. The van der Waals surface area contributed by atoms with E-state index in [4.69, 9.17) is 4.74 Å². The predicted molar refractivity (Wildman–Crippen MR) is 66.5 cm³/mol. The van der Waals surface area contributed by atoms with Gasteiger partial charge in [0.1, 0.15) is 0 Å². The van der Waals surface area contributed by atoms with Crippen LogP contribution in [0.1, 0.15) is 40.0 Å². The van der Waals surface area contributed by atoms with Crippen LogP contribution in [0.4, 0.5) is 0 Å². The number of nitrogens with one attached hydrogen (secondary N) is 1. The Morgan fingerprint density at radius 3 is 2.40 bits per heavy atom. The van der Waals surface area contributed by atoms with Crippen molar-refractivity contribution in [2.75, 3.05) is 18.8 Å². The summed E-state index contributed by atoms with van der Waals surface area (Å²) in [6.45, 7) is 9.14. The minimum Gasteiger partial charge on any atom is -0.371 e. The summed E-state index contributed by atoms with van der Waals surface area (Å²) in [6, 6.07) is 0. The molecule has 0 spiro atoms. The Kier molecular flexibility index (Phi) is 3.34. The molecule has 2 fully saturated rings. The smallest absolute Gasteiger partial charge is 0.0731 e. The number of rotatable bonds is 2. The molecule has 0 saturated carbocycles. The maximum Gasteiger partial charge on any atom is 0.0731 e. The molecule has 0 aromatic heterocycles. The topological polar surface area (TPSA) is 21.3 Å². The lowest BCUT2D eigenvalue weighted by molar-refractivity contribution is -0.106. The van der Waals surface area contributed by atoms with Crippen molar-refractivity contribution in [2.24, 2.45) is 0 Å². The van der Waals surface area contributed by atoms with E-state index in [1.54, 1.807) is 0 Å². The third kappa shape index (κ3) is 2.69. The quantitative estimate of drug-likeness (QED) is 0.786. The maximum absolute atomic E-state index is 6.39. The first kappa shape index (κ1) is 11.7. The molecule has 0 aromatic carbocycles. The van der Waals surface area contributed by atoms with Crippen molar-refractivity contribution >= 4 is 11.8 Å². The Balaban J connectivity index is 1.95. The van der Waals surface area contributed by atoms with Gasteiger partial charge in [-0.1, -0.05) is 0 Å². The van der Waals surface area contributed by atoms with Crippen molar-refractivity contribution in [3.05, 3.63) is 0 Å². The summed E-state index contributed by atoms with van der Waals surface area (Å²) >= 11 is 2.05. The Morgan fingerprint density at radius 2 is 1.87 bits per heavy atom. The molecule has 0 aliphatic carbocycles. The second-order valence-corrected chi connectivity index (χ2v) is 7.30. The summed E-state index contributed by atoms with van der Waals surface area (Å²) in [5.41, 5.74) is 0.123. The van der Waals surface area contributed by atoms with Crippen LogP contribution in [0.15, 0.2) is 0 Å². The number of hydrogen-bond acceptors (Lipinski definition) is 3. The zero-order valence-electron chi connectivity index (χ0n) is 10.1. The summed E-state index contributed by atoms with van der Waals surface area (Å²) in [4.78, 5) is 0. The molecule has 1 N–H and O–H groups in total. The number of thioether (sulfide) groups is 1. The van der Waals surface area contributed by atoms with Crippen molar-refractivity contribution in [3.63, 3.8) is 0 Å². The summed E-state index contributed by atoms with van der Waals surface area (Å²) in [5.74, 6) is 1.26. The average Bonchev–Trinajstić information content (AvgIpc) is 2.46. The van der Waals surface area contributed by atoms with Gasteiger partial charge in [0.15, 0.2) is 0 Å². The van der Waals surface area contributed by atoms with Gasteiger partial charge >= 0.3 is 0 Å². The van der Waals surface area contributed by atoms with Gasteiger partial charge in [0, 0.05) is 4.75 Å². The van der Waals surface area contributed by atoms with E-state index in [-0.39, 0.29) is 5.60 Å². The second kappa shape index (κ2) is 4.27. The SMILES string of the molecule is CC1(OC2CCSC2(C)C)CCNCC1. The normalized spacial score (nSPS) is 34.2. The van der Waals surface area contributed by atoms with Gasteiger partial charge in [-0.05, 0) is 58.9 Å². The summed E-state index contributed by atoms with van der Waals surface area (Å²) < 4.78 is 6.71. The van der Waals surface area contributed by atoms with E-state index < -0.39 is 0 Å². The van der Waals surface area contributed by atoms with Crippen molar-refractivity contribution in [3.8, 4) is 0 Å². The third-order valence-electron chi connectivity index (χ3n) is 3.72. The molecule has 2 nitrogen and oxygen atoms in total. The fraction of sp³-hybridized carbons (Fsp3) is 1.00. The highest BCUT2D eigenvalue weighted by atomic mass is 32.2. The minimum atomic E-state index is 0.123. The van der Waals surface area contributed by atoms with Gasteiger partial charge in [-0.2, -0.15) is 11.8 Å². The molecule has 1 unspecified atom stereocenters. The molecular weight excluding hydrogens is 206 g/mol. The largest absolute Gasteiger partial charge is 0.371 e. The Hall–Kier alpha value is 0.270. The summed E-state index contributed by atoms with van der Waals surface area (Å²) in [5, 5.41) is 3.40. The van der Waals surface area contributed by atoms with E-state index >= 15 is 0 Å². The highest BCUT2D eigenvalue weighted by Gasteiger charge is 2.41. The predicted octanol–water partition coefficient (Wildman–Crippen LogP) is 2.43. The molecule has 0 radical (unpaired) electrons. The molecule has 0 bridgehead atoms. The van der Waals surface area contributed by atoms with Gasteiger partial charge in [-0.25, -0.2) is 0 Å². The van der Waals surface area contributed by atoms with Crippen LogP contribution in [0.5, 0.6) is 0 Å². The van der Waals surface area contributed by atoms with Gasteiger partial charge in [0.25, 0.3) is 0 Å². The van der Waals surface area contributed by atoms with Gasteiger partial charge < -0.3 is 10.1 Å². The molecular formula is C12H23NOS. The number of hydrogen-bond donors (Lipinski definition) is 1. The van der Waals surface area contributed by atoms with Crippen molar-refractivity contribution < 1.29 is 4.74 Å². The van der Waals surface area contributed by atoms with E-state index in [2.05, 4.69) is 37.8 Å². The van der Waals surface area contributed by atoms with Crippen molar-refractivity contribution in [1.29, 1.82) is 0 Å². The molecule has 1 atom stereocenters. The van der Waals surface area contributed by atoms with E-state index in [1.807, 2.05) is 0 Å². The zero-order chi connectivity index (χ0) is 10.9. The monoisotopic (exact) mass is 229 g/mol. The molecule has 15 heavy (non-hydrogen) atoms. The van der Waals surface area contributed by atoms with Crippen LogP contribution in [0.2, 0.25) is 0 Å². The van der Waals surface area contributed by atoms with Crippen molar-refractivity contribution in [2.45, 2.75) is 56.5 Å². The van der Waals surface area contributed by atoms with Gasteiger partial charge in [0.2, 0.25) is 0 Å². The van der Waals surface area contributed by atoms with Gasteiger partial charge in [0.05, 0.1) is 11.7 Å². The maximum atomic E-state index is 6.39. The molecule has 3 heteroatoms. The highest BCUT2D eigenvalue weighted by Crippen LogP contribution is 2.42. The molecule has 2 aliphatic rings. The first-order valence-corrected chi connectivity index (χ1v) is 7.03. The Morgan fingerprint density at radius 1 is 1.20 bits per heavy atom. The van der Waals surface area contributed by atoms with Crippen LogP contribution in [0.25, 0.3) is 0 Å². The number of ether oxygens (including phenoxy) is 1. The Bertz CT molecular complexity index is 224. The molecule has 88 valence electrons. The van der Waals surface area contributed by atoms with E-state index in [0.717, 1.165) is 25.9 Å². The highest BCUT2D eigenvalue weighted by molar-refractivity contribution is 8.00. The first-order chi connectivity index (χ1) is 7.02. The van der Waals surface area contributed by atoms with Crippen LogP contribution in [0, 0.1) is 0 Å². The summed E-state index contributed by atoms with van der Waals surface area (Å²) in [6.07, 6.45) is 3.99. The van der Waals surface area contributed by atoms with E-state index in [1.165, 1.54) is 12.2 Å². The lowest BCUT2D eigenvalue weighted by atomic mass is 9.93. The van der Waals surface area contributed by atoms with Gasteiger partial charge in [-0.3, -0.25) is 0 Å². The average molecular weight is 229 g/mol. The molecule has 2 saturated heterocycles. The van der Waals surface area contributed by atoms with Crippen LogP contribution in [0.3, 0.4) is 0 Å². The van der Waals surface area contributed by atoms with Crippen molar-refractivity contribution in [1.82, 2.24) is 5.32 Å². The van der Waals surface area contributed by atoms with Crippen LogP contribution >= 0.6 is 11.8 Å². The minimum absolute atomic E-state index is 0.123. The van der Waals surface area contributed by atoms with E-state index in [9.17, 15) is 0 Å². The first-order valence-electron chi connectivity index (χ1n) is 6.04. The molecule has 0 aromatic rings. The van der Waals surface area contributed by atoms with Crippen LogP contribution < -0.4 is 5.32 Å². The summed E-state index contributed by atoms with van der Waals surface area (Å²) in [7, 11) is 0. The van der Waals surface area contributed by atoms with Crippen LogP contribution in [-0.4, -0.2) is 35.3 Å². The third-order valence-corrected chi connectivity index (χ3v) is 5.16. The fourth-order valence-electron chi connectivity index (χ4n) is 2.49. The standard InChI is InChI=1S/C12H23NOS/c1-11(2)10(4-9-15-11)14-12(3)5-7-13-8-6-12/h10,13H,4-9H2,1-3H3. The molecule has 0 amide bonds. The molecule has 2 aliphatic heterocycles. The lowest BCUT2D eigenvalue weighted by Gasteiger charge is -2.39. The number of piperidine rings is 1. The molecule has 2 heterocycles. The van der Waals surface area contributed by atoms with Crippen LogP contribution in [-0.2, 0) is 4.74 Å². The lowest BCUT2D eigenvalue weighted by Crippen LogP contribution is -2.46.